The van der Waals surface area contributed by atoms with Gasteiger partial charge in [0.25, 0.3) is 0 Å². The second-order valence-corrected chi connectivity index (χ2v) is 4.61. The van der Waals surface area contributed by atoms with E-state index in [1.54, 1.807) is 11.8 Å². The second-order valence-electron chi connectivity index (χ2n) is 4.61. The Morgan fingerprint density at radius 2 is 2.24 bits per heavy atom. The highest BCUT2D eigenvalue weighted by molar-refractivity contribution is 5.80. The van der Waals surface area contributed by atoms with E-state index in [1.165, 1.54) is 0 Å². The largest absolute Gasteiger partial charge is 0.481 e. The molecule has 1 unspecified atom stereocenters. The zero-order chi connectivity index (χ0) is 12.8. The van der Waals surface area contributed by atoms with Crippen LogP contribution >= 0.6 is 0 Å². The number of amides is 1. The summed E-state index contributed by atoms with van der Waals surface area (Å²) in [5, 5.41) is 12.0. The van der Waals surface area contributed by atoms with Crippen LogP contribution in [-0.2, 0) is 9.59 Å². The van der Waals surface area contributed by atoms with Crippen LogP contribution in [0.5, 0.6) is 0 Å². The molecule has 0 spiro atoms. The molecule has 2 atom stereocenters. The number of nitrogens with one attached hydrogen (secondary N) is 1. The highest BCUT2D eigenvalue weighted by atomic mass is 16.4. The first-order valence-corrected chi connectivity index (χ1v) is 6.29. The lowest BCUT2D eigenvalue weighted by Crippen LogP contribution is -2.47. The second kappa shape index (κ2) is 6.59. The summed E-state index contributed by atoms with van der Waals surface area (Å²) >= 11 is 0. The Morgan fingerprint density at radius 1 is 1.53 bits per heavy atom. The van der Waals surface area contributed by atoms with E-state index in [9.17, 15) is 9.59 Å². The quantitative estimate of drug-likeness (QED) is 0.744. The molecular formula is C12H22N2O3. The molecule has 17 heavy (non-hydrogen) atoms. The summed E-state index contributed by atoms with van der Waals surface area (Å²) in [7, 11) is 0. The number of piperidine rings is 1. The van der Waals surface area contributed by atoms with E-state index in [4.69, 9.17) is 5.11 Å². The van der Waals surface area contributed by atoms with E-state index >= 15 is 0 Å². The summed E-state index contributed by atoms with van der Waals surface area (Å²) in [6.45, 7) is 5.96. The van der Waals surface area contributed by atoms with Gasteiger partial charge in [0.05, 0.1) is 12.3 Å². The number of hydrogen-bond acceptors (Lipinski definition) is 3. The van der Waals surface area contributed by atoms with Gasteiger partial charge in [-0.25, -0.2) is 0 Å². The van der Waals surface area contributed by atoms with Gasteiger partial charge < -0.3 is 15.3 Å². The molecule has 1 heterocycles. The fourth-order valence-corrected chi connectivity index (χ4v) is 2.34. The fraction of sp³-hybridized carbons (Fsp3) is 0.833. The van der Waals surface area contributed by atoms with Gasteiger partial charge in [-0.05, 0) is 33.2 Å². The van der Waals surface area contributed by atoms with Crippen LogP contribution < -0.4 is 5.32 Å². The van der Waals surface area contributed by atoms with E-state index in [-0.39, 0.29) is 24.3 Å². The van der Waals surface area contributed by atoms with Gasteiger partial charge >= 0.3 is 5.97 Å². The van der Waals surface area contributed by atoms with Crippen molar-refractivity contribution >= 4 is 11.9 Å². The van der Waals surface area contributed by atoms with Crippen molar-refractivity contribution in [3.63, 3.8) is 0 Å². The molecule has 1 rings (SSSR count). The Morgan fingerprint density at radius 3 is 2.71 bits per heavy atom. The van der Waals surface area contributed by atoms with E-state index in [0.29, 0.717) is 6.54 Å². The van der Waals surface area contributed by atoms with Gasteiger partial charge in [0.1, 0.15) is 0 Å². The average Bonchev–Trinajstić information content (AvgIpc) is 2.30. The third-order valence-corrected chi connectivity index (χ3v) is 3.27. The van der Waals surface area contributed by atoms with Gasteiger partial charge in [0, 0.05) is 19.1 Å². The number of carbonyl (C=O) groups is 2. The van der Waals surface area contributed by atoms with Crippen LogP contribution in [0.2, 0.25) is 0 Å². The van der Waals surface area contributed by atoms with Crippen molar-refractivity contribution in [2.75, 3.05) is 19.6 Å². The van der Waals surface area contributed by atoms with E-state index in [0.717, 1.165) is 25.9 Å². The zero-order valence-corrected chi connectivity index (χ0v) is 10.6. The minimum atomic E-state index is -0.856. The predicted octanol–water partition coefficient (Wildman–Crippen LogP) is 0.698. The first-order chi connectivity index (χ1) is 8.06. The van der Waals surface area contributed by atoms with Crippen LogP contribution in [0.3, 0.4) is 0 Å². The molecule has 98 valence electrons. The van der Waals surface area contributed by atoms with Crippen molar-refractivity contribution in [1.29, 1.82) is 0 Å². The standard InChI is InChI=1S/C12H22N2O3/c1-3-14(9(2)7-11(15)16)12(17)10-5-4-6-13-8-10/h9-10,13H,3-8H2,1-2H3,(H,15,16)/t9?,10-/m1/s1. The average molecular weight is 242 g/mol. The third-order valence-electron chi connectivity index (χ3n) is 3.27. The molecule has 1 aliphatic heterocycles. The summed E-state index contributed by atoms with van der Waals surface area (Å²) < 4.78 is 0. The number of carboxylic acid groups (broad SMARTS) is 1. The van der Waals surface area contributed by atoms with Gasteiger partial charge in [-0.3, -0.25) is 9.59 Å². The molecule has 0 aromatic carbocycles. The number of carbonyl (C=O) groups excluding carboxylic acids is 1. The minimum absolute atomic E-state index is 0.0136. The van der Waals surface area contributed by atoms with Crippen LogP contribution in [0, 0.1) is 5.92 Å². The number of hydrogen-bond donors (Lipinski definition) is 2. The van der Waals surface area contributed by atoms with Crippen molar-refractivity contribution in [3.8, 4) is 0 Å². The molecule has 1 saturated heterocycles. The summed E-state index contributed by atoms with van der Waals surface area (Å²) in [6, 6.07) is -0.230. The lowest BCUT2D eigenvalue weighted by Gasteiger charge is -2.32. The number of carboxylic acids is 1. The summed E-state index contributed by atoms with van der Waals surface area (Å²) in [5.74, 6) is -0.751. The lowest BCUT2D eigenvalue weighted by atomic mass is 9.97. The first-order valence-electron chi connectivity index (χ1n) is 6.29. The Kier molecular flexibility index (Phi) is 5.41. The molecule has 0 bridgehead atoms. The maximum atomic E-state index is 12.2. The third kappa shape index (κ3) is 4.00. The van der Waals surface area contributed by atoms with E-state index in [2.05, 4.69) is 5.32 Å². The molecular weight excluding hydrogens is 220 g/mol. The first kappa shape index (κ1) is 14.0. The SMILES string of the molecule is CCN(C(=O)[C@@H]1CCCNC1)C(C)CC(=O)O. The van der Waals surface area contributed by atoms with Gasteiger partial charge in [-0.1, -0.05) is 0 Å². The van der Waals surface area contributed by atoms with Crippen LogP contribution in [0.4, 0.5) is 0 Å². The zero-order valence-electron chi connectivity index (χ0n) is 10.6. The summed E-state index contributed by atoms with van der Waals surface area (Å²) in [6.07, 6.45) is 1.93. The molecule has 0 radical (unpaired) electrons. The number of rotatable bonds is 5. The van der Waals surface area contributed by atoms with Gasteiger partial charge in [0.2, 0.25) is 5.91 Å². The summed E-state index contributed by atoms with van der Waals surface area (Å²) in [4.78, 5) is 24.6. The van der Waals surface area contributed by atoms with Gasteiger partial charge in [-0.15, -0.1) is 0 Å². The van der Waals surface area contributed by atoms with Gasteiger partial charge in [0.15, 0.2) is 0 Å². The maximum absolute atomic E-state index is 12.2. The van der Waals surface area contributed by atoms with Crippen LogP contribution in [-0.4, -0.2) is 47.6 Å². The molecule has 5 nitrogen and oxygen atoms in total. The van der Waals surface area contributed by atoms with Crippen molar-refractivity contribution < 1.29 is 14.7 Å². The van der Waals surface area contributed by atoms with Gasteiger partial charge in [-0.2, -0.15) is 0 Å². The van der Waals surface area contributed by atoms with Crippen molar-refractivity contribution in [3.05, 3.63) is 0 Å². The molecule has 1 aliphatic rings. The predicted molar refractivity (Wildman–Crippen MR) is 64.7 cm³/mol. The topological polar surface area (TPSA) is 69.6 Å². The minimum Gasteiger partial charge on any atom is -0.481 e. The molecule has 5 heteroatoms. The lowest BCUT2D eigenvalue weighted by molar-refractivity contribution is -0.142. The highest BCUT2D eigenvalue weighted by Gasteiger charge is 2.28. The number of aliphatic carboxylic acids is 1. The maximum Gasteiger partial charge on any atom is 0.305 e. The Labute approximate surface area is 102 Å². The Bertz CT molecular complexity index is 275. The molecule has 0 saturated carbocycles. The van der Waals surface area contributed by atoms with Crippen molar-refractivity contribution in [1.82, 2.24) is 10.2 Å². The van der Waals surface area contributed by atoms with Crippen LogP contribution in [0.25, 0.3) is 0 Å². The number of nitrogens with zero attached hydrogens (tertiary/aromatic N) is 1. The Balaban J connectivity index is 2.58. The van der Waals surface area contributed by atoms with Crippen molar-refractivity contribution in [2.45, 2.75) is 39.2 Å². The highest BCUT2D eigenvalue weighted by Crippen LogP contribution is 2.16. The molecule has 0 aromatic heterocycles. The fourth-order valence-electron chi connectivity index (χ4n) is 2.34. The van der Waals surface area contributed by atoms with E-state index < -0.39 is 5.97 Å². The Hall–Kier alpha value is -1.10. The van der Waals surface area contributed by atoms with Crippen LogP contribution in [0.15, 0.2) is 0 Å². The summed E-state index contributed by atoms with van der Waals surface area (Å²) in [5.41, 5.74) is 0. The molecule has 1 amide bonds. The van der Waals surface area contributed by atoms with Crippen LogP contribution in [0.1, 0.15) is 33.1 Å². The smallest absolute Gasteiger partial charge is 0.305 e. The normalized spacial score (nSPS) is 21.9. The monoisotopic (exact) mass is 242 g/mol. The van der Waals surface area contributed by atoms with Crippen molar-refractivity contribution in [2.24, 2.45) is 5.92 Å². The van der Waals surface area contributed by atoms with E-state index in [1.807, 2.05) is 6.92 Å². The molecule has 0 aliphatic carbocycles. The molecule has 0 aromatic rings. The molecule has 2 N–H and O–H groups in total. The molecule has 1 fully saturated rings.